The Morgan fingerprint density at radius 1 is 1.13 bits per heavy atom. The molecule has 3 rings (SSSR count). The van der Waals surface area contributed by atoms with Crippen LogP contribution in [0.2, 0.25) is 0 Å². The minimum atomic E-state index is -0.508. The maximum absolute atomic E-state index is 11.4. The van der Waals surface area contributed by atoms with E-state index in [0.717, 1.165) is 42.9 Å². The van der Waals surface area contributed by atoms with E-state index in [4.69, 9.17) is 4.74 Å². The molecule has 0 aliphatic carbocycles. The normalized spacial score (nSPS) is 20.2. The third-order valence-corrected chi connectivity index (χ3v) is 5.91. The van der Waals surface area contributed by atoms with Crippen LogP contribution in [-0.2, 0) is 23.4 Å². The van der Waals surface area contributed by atoms with Crippen LogP contribution in [-0.4, -0.2) is 41.1 Å². The summed E-state index contributed by atoms with van der Waals surface area (Å²) in [6.07, 6.45) is 0.873. The highest BCUT2D eigenvalue weighted by molar-refractivity contribution is 5.73. The third kappa shape index (κ3) is 6.81. The van der Waals surface area contributed by atoms with E-state index in [2.05, 4.69) is 61.3 Å². The van der Waals surface area contributed by atoms with E-state index < -0.39 is 6.10 Å². The monoisotopic (exact) mass is 424 g/mol. The molecule has 168 valence electrons. The number of nitrogens with zero attached hydrogens (tertiary/aromatic N) is 1. The zero-order valence-corrected chi connectivity index (χ0v) is 19.2. The van der Waals surface area contributed by atoms with E-state index in [-0.39, 0.29) is 17.4 Å². The van der Waals surface area contributed by atoms with E-state index in [1.807, 2.05) is 18.2 Å². The van der Waals surface area contributed by atoms with Crippen molar-refractivity contribution in [1.82, 2.24) is 10.2 Å². The van der Waals surface area contributed by atoms with Gasteiger partial charge in [0.15, 0.2) is 0 Å². The standard InChI is InChI=1S/C26H36N2O3/c1-19(29)27-23-12-14-28(15-13-24(23)30)17-21-10-11-22(26(2,3)4)16-25(21)31-18-20-8-6-5-7-9-20/h5-11,16,23-24,30H,12-15,17-18H2,1-4H3,(H,27,29)/t23-,24-/m0/s1. The highest BCUT2D eigenvalue weighted by Gasteiger charge is 2.26. The first kappa shape index (κ1) is 23.3. The number of hydrogen-bond acceptors (Lipinski definition) is 4. The number of carbonyl (C=O) groups is 1. The van der Waals surface area contributed by atoms with Crippen molar-refractivity contribution >= 4 is 5.91 Å². The first-order valence-electron chi connectivity index (χ1n) is 11.2. The molecule has 0 unspecified atom stereocenters. The fourth-order valence-corrected chi connectivity index (χ4v) is 3.99. The number of carbonyl (C=O) groups excluding carboxylic acids is 1. The lowest BCUT2D eigenvalue weighted by molar-refractivity contribution is -0.120. The molecule has 1 aliphatic heterocycles. The number of rotatable bonds is 6. The van der Waals surface area contributed by atoms with Gasteiger partial charge in [-0.1, -0.05) is 63.2 Å². The van der Waals surface area contributed by atoms with Gasteiger partial charge in [-0.25, -0.2) is 0 Å². The molecule has 5 heteroatoms. The number of aliphatic hydroxyl groups is 1. The zero-order valence-electron chi connectivity index (χ0n) is 19.2. The first-order chi connectivity index (χ1) is 14.7. The third-order valence-electron chi connectivity index (χ3n) is 5.91. The quantitative estimate of drug-likeness (QED) is 0.735. The Hall–Kier alpha value is -2.37. The highest BCUT2D eigenvalue weighted by Crippen LogP contribution is 2.30. The van der Waals surface area contributed by atoms with E-state index in [0.29, 0.717) is 13.0 Å². The van der Waals surface area contributed by atoms with Gasteiger partial charge in [0.1, 0.15) is 12.4 Å². The lowest BCUT2D eigenvalue weighted by Gasteiger charge is -2.25. The molecule has 0 bridgehead atoms. The van der Waals surface area contributed by atoms with Crippen molar-refractivity contribution in [1.29, 1.82) is 0 Å². The van der Waals surface area contributed by atoms with Crippen molar-refractivity contribution < 1.29 is 14.6 Å². The zero-order chi connectivity index (χ0) is 22.4. The molecule has 0 radical (unpaired) electrons. The summed E-state index contributed by atoms with van der Waals surface area (Å²) in [5.41, 5.74) is 3.58. The summed E-state index contributed by atoms with van der Waals surface area (Å²) in [6.45, 7) is 11.0. The molecule has 31 heavy (non-hydrogen) atoms. The van der Waals surface area contributed by atoms with Crippen molar-refractivity contribution in [3.63, 3.8) is 0 Å². The van der Waals surface area contributed by atoms with Crippen molar-refractivity contribution in [2.24, 2.45) is 0 Å². The van der Waals surface area contributed by atoms with Gasteiger partial charge in [-0.15, -0.1) is 0 Å². The Kier molecular flexibility index (Phi) is 7.74. The first-order valence-corrected chi connectivity index (χ1v) is 11.2. The SMILES string of the molecule is CC(=O)N[C@H]1CCN(Cc2ccc(C(C)(C)C)cc2OCc2ccccc2)CC[C@@H]1O. The van der Waals surface area contributed by atoms with Gasteiger partial charge in [0.25, 0.3) is 0 Å². The molecule has 1 fully saturated rings. The van der Waals surface area contributed by atoms with E-state index >= 15 is 0 Å². The van der Waals surface area contributed by atoms with Gasteiger partial charge in [0.05, 0.1) is 12.1 Å². The molecule has 1 aliphatic rings. The van der Waals surface area contributed by atoms with Crippen LogP contribution in [0.5, 0.6) is 5.75 Å². The molecule has 1 heterocycles. The van der Waals surface area contributed by atoms with Crippen LogP contribution in [0.3, 0.4) is 0 Å². The molecule has 2 aromatic rings. The summed E-state index contributed by atoms with van der Waals surface area (Å²) >= 11 is 0. The molecule has 0 saturated carbocycles. The van der Waals surface area contributed by atoms with Crippen molar-refractivity contribution in [2.75, 3.05) is 13.1 Å². The number of benzene rings is 2. The lowest BCUT2D eigenvalue weighted by atomic mass is 9.86. The molecule has 0 aromatic heterocycles. The summed E-state index contributed by atoms with van der Waals surface area (Å²) in [7, 11) is 0. The molecule has 0 spiro atoms. The van der Waals surface area contributed by atoms with Crippen LogP contribution >= 0.6 is 0 Å². The molecule has 2 aromatic carbocycles. The summed E-state index contributed by atoms with van der Waals surface area (Å²) < 4.78 is 6.29. The predicted octanol–water partition coefficient (Wildman–Crippen LogP) is 4.02. The van der Waals surface area contributed by atoms with Gasteiger partial charge >= 0.3 is 0 Å². The number of aliphatic hydroxyl groups excluding tert-OH is 1. The minimum Gasteiger partial charge on any atom is -0.489 e. The molecule has 1 amide bonds. The molecular weight excluding hydrogens is 388 g/mol. The van der Waals surface area contributed by atoms with Gasteiger partial charge in [0, 0.05) is 32.1 Å². The summed E-state index contributed by atoms with van der Waals surface area (Å²) in [5.74, 6) is 0.825. The topological polar surface area (TPSA) is 61.8 Å². The van der Waals surface area contributed by atoms with Gasteiger partial charge in [0.2, 0.25) is 5.91 Å². The summed E-state index contributed by atoms with van der Waals surface area (Å²) in [5, 5.41) is 13.3. The van der Waals surface area contributed by atoms with Crippen molar-refractivity contribution in [2.45, 2.75) is 71.2 Å². The van der Waals surface area contributed by atoms with Crippen LogP contribution in [0, 0.1) is 0 Å². The van der Waals surface area contributed by atoms with E-state index in [9.17, 15) is 9.90 Å². The van der Waals surface area contributed by atoms with Crippen LogP contribution in [0.4, 0.5) is 0 Å². The Morgan fingerprint density at radius 2 is 1.84 bits per heavy atom. The number of hydrogen-bond donors (Lipinski definition) is 2. The predicted molar refractivity (Wildman–Crippen MR) is 124 cm³/mol. The van der Waals surface area contributed by atoms with Crippen LogP contribution in [0.15, 0.2) is 48.5 Å². The van der Waals surface area contributed by atoms with Crippen LogP contribution < -0.4 is 10.1 Å². The van der Waals surface area contributed by atoms with Gasteiger partial charge in [-0.05, 0) is 35.4 Å². The molecule has 1 saturated heterocycles. The molecule has 2 atom stereocenters. The van der Waals surface area contributed by atoms with E-state index in [1.165, 1.54) is 12.5 Å². The Bertz CT molecular complexity index is 861. The molecule has 5 nitrogen and oxygen atoms in total. The van der Waals surface area contributed by atoms with Gasteiger partial charge in [-0.3, -0.25) is 9.69 Å². The Labute approximate surface area is 186 Å². The molecule has 2 N–H and O–H groups in total. The Morgan fingerprint density at radius 3 is 2.52 bits per heavy atom. The number of ether oxygens (including phenoxy) is 1. The average molecular weight is 425 g/mol. The van der Waals surface area contributed by atoms with Crippen LogP contribution in [0.25, 0.3) is 0 Å². The minimum absolute atomic E-state index is 0.0433. The smallest absolute Gasteiger partial charge is 0.217 e. The maximum atomic E-state index is 11.4. The number of likely N-dealkylation sites (tertiary alicyclic amines) is 1. The van der Waals surface area contributed by atoms with Crippen molar-refractivity contribution in [3.8, 4) is 5.75 Å². The second-order valence-corrected chi connectivity index (χ2v) is 9.57. The average Bonchev–Trinajstić information content (AvgIpc) is 2.89. The molecular formula is C26H36N2O3. The van der Waals surface area contributed by atoms with Crippen molar-refractivity contribution in [3.05, 3.63) is 65.2 Å². The maximum Gasteiger partial charge on any atom is 0.217 e. The second-order valence-electron chi connectivity index (χ2n) is 9.57. The number of nitrogens with one attached hydrogen (secondary N) is 1. The Balaban J connectivity index is 1.75. The fourth-order valence-electron chi connectivity index (χ4n) is 3.99. The van der Waals surface area contributed by atoms with E-state index in [1.54, 1.807) is 0 Å². The van der Waals surface area contributed by atoms with Gasteiger partial charge < -0.3 is 15.2 Å². The highest BCUT2D eigenvalue weighted by atomic mass is 16.5. The summed E-state index contributed by atoms with van der Waals surface area (Å²) in [6, 6.07) is 16.6. The van der Waals surface area contributed by atoms with Gasteiger partial charge in [-0.2, -0.15) is 0 Å². The largest absolute Gasteiger partial charge is 0.489 e. The number of amides is 1. The fraction of sp³-hybridized carbons (Fsp3) is 0.500. The second kappa shape index (κ2) is 10.3. The summed E-state index contributed by atoms with van der Waals surface area (Å²) in [4.78, 5) is 13.8. The van der Waals surface area contributed by atoms with Crippen LogP contribution in [0.1, 0.15) is 57.2 Å². The lowest BCUT2D eigenvalue weighted by Crippen LogP contribution is -2.42.